The standard InChI is InChI=1S/C17H15ClN4O3/c18-11-7-3-2-6-10(11)13-12-15(22-8-4-1-5-9-22)19-14(17(23)24)20-16(12)25-21-13/h2-3,6-7H,1,4-5,8-9H2,(H,23,24). The van der Waals surface area contributed by atoms with Gasteiger partial charge in [-0.05, 0) is 25.3 Å². The molecule has 0 unspecified atom stereocenters. The predicted octanol–water partition coefficient (Wildman–Crippen LogP) is 3.63. The second-order valence-electron chi connectivity index (χ2n) is 5.91. The van der Waals surface area contributed by atoms with Crippen molar-refractivity contribution < 1.29 is 14.4 Å². The van der Waals surface area contributed by atoms with Gasteiger partial charge in [-0.2, -0.15) is 4.98 Å². The van der Waals surface area contributed by atoms with Crippen LogP contribution >= 0.6 is 11.6 Å². The molecule has 0 amide bonds. The van der Waals surface area contributed by atoms with Crippen molar-refractivity contribution in [1.82, 2.24) is 15.1 Å². The Morgan fingerprint density at radius 2 is 1.92 bits per heavy atom. The summed E-state index contributed by atoms with van der Waals surface area (Å²) in [5.41, 5.74) is 1.38. The number of aromatic nitrogens is 3. The number of anilines is 1. The molecular weight excluding hydrogens is 344 g/mol. The van der Waals surface area contributed by atoms with Gasteiger partial charge in [0, 0.05) is 18.7 Å². The van der Waals surface area contributed by atoms with Crippen LogP contribution in [0.2, 0.25) is 5.02 Å². The molecule has 128 valence electrons. The molecule has 8 heteroatoms. The number of carbonyl (C=O) groups is 1. The van der Waals surface area contributed by atoms with Crippen molar-refractivity contribution in [2.75, 3.05) is 18.0 Å². The molecule has 0 bridgehead atoms. The molecule has 3 heterocycles. The molecule has 25 heavy (non-hydrogen) atoms. The lowest BCUT2D eigenvalue weighted by atomic mass is 10.1. The Morgan fingerprint density at radius 3 is 2.64 bits per heavy atom. The molecule has 0 spiro atoms. The van der Waals surface area contributed by atoms with Crippen molar-refractivity contribution in [3.05, 3.63) is 35.1 Å². The minimum absolute atomic E-state index is 0.155. The summed E-state index contributed by atoms with van der Waals surface area (Å²) < 4.78 is 5.33. The number of rotatable bonds is 3. The number of carboxylic acids is 1. The van der Waals surface area contributed by atoms with Crippen LogP contribution < -0.4 is 4.90 Å². The van der Waals surface area contributed by atoms with Gasteiger partial charge in [0.2, 0.25) is 5.82 Å². The third-order valence-corrected chi connectivity index (χ3v) is 4.62. The zero-order valence-electron chi connectivity index (χ0n) is 13.3. The fourth-order valence-electron chi connectivity index (χ4n) is 3.10. The summed E-state index contributed by atoms with van der Waals surface area (Å²) in [6, 6.07) is 7.29. The van der Waals surface area contributed by atoms with Gasteiger partial charge in [0.25, 0.3) is 5.71 Å². The van der Waals surface area contributed by atoms with E-state index in [1.165, 1.54) is 0 Å². The molecule has 0 radical (unpaired) electrons. The number of hydrogen-bond acceptors (Lipinski definition) is 6. The van der Waals surface area contributed by atoms with E-state index in [9.17, 15) is 9.90 Å². The van der Waals surface area contributed by atoms with Crippen molar-refractivity contribution in [2.45, 2.75) is 19.3 Å². The minimum Gasteiger partial charge on any atom is -0.475 e. The van der Waals surface area contributed by atoms with Crippen LogP contribution in [-0.2, 0) is 0 Å². The topological polar surface area (TPSA) is 92.3 Å². The maximum Gasteiger partial charge on any atom is 0.374 e. The first-order valence-electron chi connectivity index (χ1n) is 8.05. The average molecular weight is 359 g/mol. The van der Waals surface area contributed by atoms with Crippen LogP contribution in [-0.4, -0.2) is 39.3 Å². The van der Waals surface area contributed by atoms with Crippen molar-refractivity contribution in [3.8, 4) is 11.3 Å². The van der Waals surface area contributed by atoms with Crippen LogP contribution in [0.4, 0.5) is 5.82 Å². The lowest BCUT2D eigenvalue weighted by Crippen LogP contribution is -2.31. The summed E-state index contributed by atoms with van der Waals surface area (Å²) in [5, 5.41) is 14.5. The first-order chi connectivity index (χ1) is 12.1. The monoisotopic (exact) mass is 358 g/mol. The molecule has 2 aromatic heterocycles. The summed E-state index contributed by atoms with van der Waals surface area (Å²) in [6.45, 7) is 1.61. The number of aromatic carboxylic acids is 1. The number of piperidine rings is 1. The molecule has 0 aliphatic carbocycles. The van der Waals surface area contributed by atoms with Crippen LogP contribution in [0.25, 0.3) is 22.4 Å². The summed E-state index contributed by atoms with van der Waals surface area (Å²) >= 11 is 6.31. The van der Waals surface area contributed by atoms with E-state index < -0.39 is 5.97 Å². The smallest absolute Gasteiger partial charge is 0.374 e. The highest BCUT2D eigenvalue weighted by Gasteiger charge is 2.26. The van der Waals surface area contributed by atoms with Gasteiger partial charge in [0.15, 0.2) is 0 Å². The highest BCUT2D eigenvalue weighted by atomic mass is 35.5. The summed E-state index contributed by atoms with van der Waals surface area (Å²) in [6.07, 6.45) is 3.21. The Balaban J connectivity index is 1.97. The highest BCUT2D eigenvalue weighted by Crippen LogP contribution is 2.37. The fraction of sp³-hybridized carbons (Fsp3) is 0.294. The molecule has 1 aliphatic rings. The lowest BCUT2D eigenvalue weighted by Gasteiger charge is -2.28. The van der Waals surface area contributed by atoms with Crippen LogP contribution in [0.5, 0.6) is 0 Å². The Bertz CT molecular complexity index is 950. The van der Waals surface area contributed by atoms with Gasteiger partial charge in [0.05, 0.1) is 5.02 Å². The summed E-state index contributed by atoms with van der Waals surface area (Å²) in [4.78, 5) is 21.7. The highest BCUT2D eigenvalue weighted by molar-refractivity contribution is 6.33. The number of carboxylic acid groups (broad SMARTS) is 1. The first-order valence-corrected chi connectivity index (χ1v) is 8.43. The second kappa shape index (κ2) is 6.33. The molecule has 0 saturated carbocycles. The van der Waals surface area contributed by atoms with Gasteiger partial charge in [-0.25, -0.2) is 9.78 Å². The number of fused-ring (bicyclic) bond motifs is 1. The third-order valence-electron chi connectivity index (χ3n) is 4.29. The third kappa shape index (κ3) is 2.80. The minimum atomic E-state index is -1.20. The van der Waals surface area contributed by atoms with E-state index in [2.05, 4.69) is 20.0 Å². The van der Waals surface area contributed by atoms with Crippen LogP contribution in [0.3, 0.4) is 0 Å². The Morgan fingerprint density at radius 1 is 1.16 bits per heavy atom. The molecular formula is C17H15ClN4O3. The zero-order valence-corrected chi connectivity index (χ0v) is 14.0. The second-order valence-corrected chi connectivity index (χ2v) is 6.32. The van der Waals surface area contributed by atoms with E-state index in [-0.39, 0.29) is 11.5 Å². The van der Waals surface area contributed by atoms with Crippen molar-refractivity contribution in [3.63, 3.8) is 0 Å². The number of benzene rings is 1. The largest absolute Gasteiger partial charge is 0.475 e. The van der Waals surface area contributed by atoms with E-state index in [1.807, 2.05) is 18.2 Å². The lowest BCUT2D eigenvalue weighted by molar-refractivity contribution is 0.0683. The first kappa shape index (κ1) is 15.8. The predicted molar refractivity (Wildman–Crippen MR) is 93.1 cm³/mol. The van der Waals surface area contributed by atoms with Gasteiger partial charge < -0.3 is 14.5 Å². The molecule has 7 nitrogen and oxygen atoms in total. The molecule has 1 aromatic carbocycles. The Hall–Kier alpha value is -2.67. The van der Waals surface area contributed by atoms with Gasteiger partial charge in [-0.3, -0.25) is 0 Å². The summed E-state index contributed by atoms with van der Waals surface area (Å²) in [7, 11) is 0. The average Bonchev–Trinajstić information content (AvgIpc) is 3.06. The van der Waals surface area contributed by atoms with Crippen molar-refractivity contribution in [1.29, 1.82) is 0 Å². The van der Waals surface area contributed by atoms with E-state index in [0.29, 0.717) is 27.5 Å². The van der Waals surface area contributed by atoms with Gasteiger partial charge in [-0.1, -0.05) is 35.0 Å². The zero-order chi connectivity index (χ0) is 17.4. The molecule has 1 saturated heterocycles. The van der Waals surface area contributed by atoms with E-state index >= 15 is 0 Å². The molecule has 3 aromatic rings. The quantitative estimate of drug-likeness (QED) is 0.764. The summed E-state index contributed by atoms with van der Waals surface area (Å²) in [5.74, 6) is -0.955. The van der Waals surface area contributed by atoms with Crippen LogP contribution in [0.1, 0.15) is 29.9 Å². The van der Waals surface area contributed by atoms with E-state index in [1.54, 1.807) is 6.07 Å². The van der Waals surface area contributed by atoms with Crippen molar-refractivity contribution >= 4 is 34.5 Å². The molecule has 1 aliphatic heterocycles. The number of nitrogens with zero attached hydrogens (tertiary/aromatic N) is 4. The fourth-order valence-corrected chi connectivity index (χ4v) is 3.33. The molecule has 0 atom stereocenters. The van der Waals surface area contributed by atoms with E-state index in [4.69, 9.17) is 16.1 Å². The Labute approximate surface area is 148 Å². The maximum atomic E-state index is 11.4. The normalized spacial score (nSPS) is 14.8. The van der Waals surface area contributed by atoms with Crippen LogP contribution in [0.15, 0.2) is 28.8 Å². The molecule has 1 N–H and O–H groups in total. The van der Waals surface area contributed by atoms with Crippen molar-refractivity contribution in [2.24, 2.45) is 0 Å². The van der Waals surface area contributed by atoms with E-state index in [0.717, 1.165) is 32.4 Å². The maximum absolute atomic E-state index is 11.4. The van der Waals surface area contributed by atoms with Gasteiger partial charge in [-0.15, -0.1) is 0 Å². The van der Waals surface area contributed by atoms with Crippen LogP contribution in [0, 0.1) is 0 Å². The number of hydrogen-bond donors (Lipinski definition) is 1. The molecule has 4 rings (SSSR count). The van der Waals surface area contributed by atoms with Gasteiger partial charge >= 0.3 is 5.97 Å². The Kier molecular flexibility index (Phi) is 4.01. The number of halogens is 1. The SMILES string of the molecule is O=C(O)c1nc(N2CCCCC2)c2c(-c3ccccc3Cl)noc2n1. The molecule has 1 fully saturated rings. The van der Waals surface area contributed by atoms with Gasteiger partial charge in [0.1, 0.15) is 16.9 Å².